The minimum atomic E-state index is 0.238. The molecule has 0 unspecified atom stereocenters. The van der Waals surface area contributed by atoms with E-state index >= 15 is 0 Å². The van der Waals surface area contributed by atoms with Gasteiger partial charge in [0.1, 0.15) is 0 Å². The van der Waals surface area contributed by atoms with Crippen molar-refractivity contribution in [2.24, 2.45) is 0 Å². The predicted octanol–water partition coefficient (Wildman–Crippen LogP) is 7.43. The van der Waals surface area contributed by atoms with Gasteiger partial charge in [0.05, 0.1) is 0 Å². The van der Waals surface area contributed by atoms with Gasteiger partial charge in [-0.15, -0.1) is 0 Å². The molecule has 0 aromatic carbocycles. The highest BCUT2D eigenvalue weighted by Gasteiger charge is 2.12. The van der Waals surface area contributed by atoms with Crippen molar-refractivity contribution in [2.75, 3.05) is 13.1 Å². The lowest BCUT2D eigenvalue weighted by Gasteiger charge is -2.17. The Labute approximate surface area is 163 Å². The van der Waals surface area contributed by atoms with Crippen LogP contribution in [0.4, 0.5) is 0 Å². The van der Waals surface area contributed by atoms with Crippen molar-refractivity contribution < 1.29 is 4.79 Å². The van der Waals surface area contributed by atoms with Gasteiger partial charge in [0.25, 0.3) is 0 Å². The fourth-order valence-electron chi connectivity index (χ4n) is 3.86. The Bertz CT molecular complexity index is 342. The van der Waals surface area contributed by atoms with Crippen LogP contribution < -0.4 is 0 Å². The van der Waals surface area contributed by atoms with E-state index in [-0.39, 0.29) is 5.91 Å². The Balaban J connectivity index is 1.83. The molecule has 0 saturated carbocycles. The zero-order valence-electron chi connectivity index (χ0n) is 17.7. The Kier molecular flexibility index (Phi) is 15.8. The molecule has 1 rings (SSSR count). The number of hydrogen-bond acceptors (Lipinski definition) is 1. The van der Waals surface area contributed by atoms with Crippen LogP contribution in [-0.4, -0.2) is 23.9 Å². The summed E-state index contributed by atoms with van der Waals surface area (Å²) in [6.45, 7) is 4.20. The van der Waals surface area contributed by atoms with E-state index in [2.05, 4.69) is 13.0 Å². The third-order valence-electron chi connectivity index (χ3n) is 5.65. The standard InChI is InChI=1S/C24H45NO/c1-2-3-4-5-6-7-8-9-10-11-12-13-14-15-18-21-24(26)25-22-19-16-17-20-23-25/h18,21H,2-17,19-20,22-23H2,1H3/b21-18+. The topological polar surface area (TPSA) is 20.3 Å². The van der Waals surface area contributed by atoms with Gasteiger partial charge < -0.3 is 4.90 Å². The molecule has 1 amide bonds. The second kappa shape index (κ2) is 17.6. The summed E-state index contributed by atoms with van der Waals surface area (Å²) in [6.07, 6.45) is 28.1. The number of carbonyl (C=O) groups excluding carboxylic acids is 1. The highest BCUT2D eigenvalue weighted by Crippen LogP contribution is 2.13. The summed E-state index contributed by atoms with van der Waals surface area (Å²) in [5.41, 5.74) is 0. The molecule has 152 valence electrons. The van der Waals surface area contributed by atoms with E-state index in [9.17, 15) is 4.79 Å². The summed E-state index contributed by atoms with van der Waals surface area (Å²) in [4.78, 5) is 14.2. The summed E-state index contributed by atoms with van der Waals surface area (Å²) in [5.74, 6) is 0.238. The second-order valence-corrected chi connectivity index (χ2v) is 8.17. The molecule has 26 heavy (non-hydrogen) atoms. The van der Waals surface area contributed by atoms with E-state index < -0.39 is 0 Å². The minimum absolute atomic E-state index is 0.238. The van der Waals surface area contributed by atoms with Crippen LogP contribution in [0, 0.1) is 0 Å². The first kappa shape index (κ1) is 23.2. The van der Waals surface area contributed by atoms with Gasteiger partial charge in [-0.3, -0.25) is 4.79 Å². The molecule has 2 nitrogen and oxygen atoms in total. The molecule has 0 radical (unpaired) electrons. The maximum atomic E-state index is 12.1. The molecule has 0 spiro atoms. The van der Waals surface area contributed by atoms with Crippen LogP contribution in [0.5, 0.6) is 0 Å². The molecule has 0 atom stereocenters. The van der Waals surface area contributed by atoms with Crippen LogP contribution in [0.3, 0.4) is 0 Å². The molecule has 1 fully saturated rings. The summed E-state index contributed by atoms with van der Waals surface area (Å²) in [5, 5.41) is 0. The number of nitrogens with zero attached hydrogens (tertiary/aromatic N) is 1. The number of hydrogen-bond donors (Lipinski definition) is 0. The molecule has 0 bridgehead atoms. The number of amides is 1. The minimum Gasteiger partial charge on any atom is -0.339 e. The average molecular weight is 364 g/mol. The predicted molar refractivity (Wildman–Crippen MR) is 115 cm³/mol. The Morgan fingerprint density at radius 2 is 1.15 bits per heavy atom. The molecule has 0 aromatic heterocycles. The molecule has 0 aromatic rings. The van der Waals surface area contributed by atoms with Crippen LogP contribution in [0.25, 0.3) is 0 Å². The van der Waals surface area contributed by atoms with Crippen LogP contribution in [0.2, 0.25) is 0 Å². The Morgan fingerprint density at radius 1 is 0.692 bits per heavy atom. The fraction of sp³-hybridized carbons (Fsp3) is 0.875. The molecule has 2 heteroatoms. The van der Waals surface area contributed by atoms with Crippen molar-refractivity contribution in [3.63, 3.8) is 0 Å². The Morgan fingerprint density at radius 3 is 1.65 bits per heavy atom. The smallest absolute Gasteiger partial charge is 0.246 e. The van der Waals surface area contributed by atoms with Crippen molar-refractivity contribution in [1.29, 1.82) is 0 Å². The first-order chi connectivity index (χ1) is 12.8. The van der Waals surface area contributed by atoms with Gasteiger partial charge in [-0.2, -0.15) is 0 Å². The molecular weight excluding hydrogens is 318 g/mol. The second-order valence-electron chi connectivity index (χ2n) is 8.17. The first-order valence-electron chi connectivity index (χ1n) is 11.8. The number of carbonyl (C=O) groups is 1. The zero-order chi connectivity index (χ0) is 18.7. The van der Waals surface area contributed by atoms with Crippen molar-refractivity contribution in [2.45, 2.75) is 122 Å². The fourth-order valence-corrected chi connectivity index (χ4v) is 3.86. The van der Waals surface area contributed by atoms with Gasteiger partial charge in [0, 0.05) is 13.1 Å². The maximum Gasteiger partial charge on any atom is 0.246 e. The van der Waals surface area contributed by atoms with E-state index in [0.29, 0.717) is 0 Å². The first-order valence-corrected chi connectivity index (χ1v) is 11.8. The van der Waals surface area contributed by atoms with Gasteiger partial charge in [-0.05, 0) is 31.8 Å². The lowest BCUT2D eigenvalue weighted by molar-refractivity contribution is -0.126. The maximum absolute atomic E-state index is 12.1. The summed E-state index contributed by atoms with van der Waals surface area (Å²) in [6, 6.07) is 0. The third kappa shape index (κ3) is 13.4. The molecule has 1 aliphatic rings. The lowest BCUT2D eigenvalue weighted by Crippen LogP contribution is -2.30. The normalized spacial score (nSPS) is 15.5. The van der Waals surface area contributed by atoms with Crippen LogP contribution in [0.1, 0.15) is 122 Å². The van der Waals surface area contributed by atoms with Crippen LogP contribution in [0.15, 0.2) is 12.2 Å². The van der Waals surface area contributed by atoms with E-state index in [4.69, 9.17) is 0 Å². The lowest BCUT2D eigenvalue weighted by atomic mass is 10.0. The van der Waals surface area contributed by atoms with Crippen molar-refractivity contribution >= 4 is 5.91 Å². The molecule has 0 N–H and O–H groups in total. The summed E-state index contributed by atoms with van der Waals surface area (Å²) >= 11 is 0. The van der Waals surface area contributed by atoms with Gasteiger partial charge in [-0.25, -0.2) is 0 Å². The number of allylic oxidation sites excluding steroid dienone is 1. The number of likely N-dealkylation sites (tertiary alicyclic amines) is 1. The van der Waals surface area contributed by atoms with Crippen LogP contribution in [-0.2, 0) is 4.79 Å². The number of rotatable bonds is 15. The van der Waals surface area contributed by atoms with Gasteiger partial charge in [0.15, 0.2) is 0 Å². The summed E-state index contributed by atoms with van der Waals surface area (Å²) in [7, 11) is 0. The van der Waals surface area contributed by atoms with Gasteiger partial charge in [0.2, 0.25) is 5.91 Å². The van der Waals surface area contributed by atoms with E-state index in [1.54, 1.807) is 0 Å². The zero-order valence-corrected chi connectivity index (χ0v) is 17.7. The van der Waals surface area contributed by atoms with E-state index in [1.165, 1.54) is 109 Å². The third-order valence-corrected chi connectivity index (χ3v) is 5.65. The molecule has 1 saturated heterocycles. The van der Waals surface area contributed by atoms with Gasteiger partial charge >= 0.3 is 0 Å². The van der Waals surface area contributed by atoms with Crippen molar-refractivity contribution in [1.82, 2.24) is 4.90 Å². The molecular formula is C24H45NO. The monoisotopic (exact) mass is 363 g/mol. The molecule has 0 aliphatic carbocycles. The molecule has 1 aliphatic heterocycles. The van der Waals surface area contributed by atoms with Gasteiger partial charge in [-0.1, -0.05) is 103 Å². The van der Waals surface area contributed by atoms with E-state index in [1.807, 2.05) is 11.0 Å². The van der Waals surface area contributed by atoms with Crippen molar-refractivity contribution in [3.05, 3.63) is 12.2 Å². The highest BCUT2D eigenvalue weighted by molar-refractivity contribution is 5.87. The Hall–Kier alpha value is -0.790. The quantitative estimate of drug-likeness (QED) is 0.219. The summed E-state index contributed by atoms with van der Waals surface area (Å²) < 4.78 is 0. The molecule has 1 heterocycles. The number of unbranched alkanes of at least 4 members (excludes halogenated alkanes) is 13. The average Bonchev–Trinajstić information content (AvgIpc) is 2.94. The highest BCUT2D eigenvalue weighted by atomic mass is 16.2. The SMILES string of the molecule is CCCCCCCCCCCCCCC/C=C/C(=O)N1CCCCCC1. The van der Waals surface area contributed by atoms with Crippen molar-refractivity contribution in [3.8, 4) is 0 Å². The largest absolute Gasteiger partial charge is 0.339 e. The van der Waals surface area contributed by atoms with E-state index in [0.717, 1.165) is 19.5 Å². The van der Waals surface area contributed by atoms with Crippen LogP contribution >= 0.6 is 0 Å².